The smallest absolute Gasteiger partial charge is 0.138 e. The number of nitrogens with one attached hydrogen (secondary N) is 1. The van der Waals surface area contributed by atoms with E-state index in [1.807, 2.05) is 36.4 Å². The van der Waals surface area contributed by atoms with E-state index in [1.165, 1.54) is 0 Å². The van der Waals surface area contributed by atoms with E-state index in [0.29, 0.717) is 0 Å². The Labute approximate surface area is 197 Å². The van der Waals surface area contributed by atoms with Crippen molar-refractivity contribution in [1.82, 2.24) is 9.97 Å². The number of ether oxygens (including phenoxy) is 1. The van der Waals surface area contributed by atoms with Crippen LogP contribution >= 0.6 is 31.9 Å². The summed E-state index contributed by atoms with van der Waals surface area (Å²) >= 11 is 7.05. The van der Waals surface area contributed by atoms with E-state index in [1.54, 1.807) is 7.11 Å². The Bertz CT molecular complexity index is 1310. The summed E-state index contributed by atoms with van der Waals surface area (Å²) in [6, 6.07) is 29.0. The number of methoxy groups -OCH3 is 1. The van der Waals surface area contributed by atoms with E-state index in [0.717, 1.165) is 59.4 Å². The summed E-state index contributed by atoms with van der Waals surface area (Å²) in [5.41, 5.74) is 5.10. The van der Waals surface area contributed by atoms with Gasteiger partial charge in [-0.05, 0) is 53.2 Å². The van der Waals surface area contributed by atoms with Crippen LogP contribution in [0.3, 0.4) is 0 Å². The maximum atomic E-state index is 5.39. The normalized spacial score (nSPS) is 11.1. The Hall–Kier alpha value is -2.89. The molecule has 5 aromatic rings. The van der Waals surface area contributed by atoms with Gasteiger partial charge in [0.2, 0.25) is 0 Å². The molecule has 0 aliphatic rings. The van der Waals surface area contributed by atoms with Crippen LogP contribution in [0.2, 0.25) is 0 Å². The Balaban J connectivity index is 1.67. The number of nitrogens with zero attached hydrogens (tertiary/aromatic N) is 1. The summed E-state index contributed by atoms with van der Waals surface area (Å²) in [7, 11) is 1.69. The predicted molar refractivity (Wildman–Crippen MR) is 134 cm³/mol. The van der Waals surface area contributed by atoms with Crippen LogP contribution in [0.25, 0.3) is 44.7 Å². The molecule has 0 aliphatic heterocycles. The molecule has 4 aromatic carbocycles. The average molecular weight is 534 g/mol. The highest BCUT2D eigenvalue weighted by atomic mass is 79.9. The first kappa shape index (κ1) is 20.0. The van der Waals surface area contributed by atoms with Crippen LogP contribution in [0.15, 0.2) is 93.9 Å². The van der Waals surface area contributed by atoms with Gasteiger partial charge < -0.3 is 9.72 Å². The van der Waals surface area contributed by atoms with E-state index in [9.17, 15) is 0 Å². The Kier molecular flexibility index (Phi) is 5.38. The van der Waals surface area contributed by atoms with E-state index in [4.69, 9.17) is 9.72 Å². The van der Waals surface area contributed by atoms with Crippen LogP contribution in [0.5, 0.6) is 5.75 Å². The minimum Gasteiger partial charge on any atom is -0.497 e. The molecule has 1 N–H and O–H groups in total. The Morgan fingerprint density at radius 1 is 0.677 bits per heavy atom. The van der Waals surface area contributed by atoms with Gasteiger partial charge in [-0.15, -0.1) is 0 Å². The highest BCUT2D eigenvalue weighted by molar-refractivity contribution is 9.10. The number of hydrogen-bond acceptors (Lipinski definition) is 2. The van der Waals surface area contributed by atoms with E-state index in [-0.39, 0.29) is 0 Å². The van der Waals surface area contributed by atoms with E-state index < -0.39 is 0 Å². The fourth-order valence-corrected chi connectivity index (χ4v) is 4.18. The number of aromatic amines is 1. The van der Waals surface area contributed by atoms with Gasteiger partial charge >= 0.3 is 0 Å². The first-order valence-corrected chi connectivity index (χ1v) is 11.4. The molecule has 31 heavy (non-hydrogen) atoms. The first-order chi connectivity index (χ1) is 15.1. The lowest BCUT2D eigenvalue weighted by molar-refractivity contribution is 0.415. The van der Waals surface area contributed by atoms with Gasteiger partial charge in [-0.1, -0.05) is 74.3 Å². The summed E-state index contributed by atoms with van der Waals surface area (Å²) in [5, 5.41) is 2.28. The maximum absolute atomic E-state index is 5.39. The van der Waals surface area contributed by atoms with Gasteiger partial charge in [-0.25, -0.2) is 4.98 Å². The van der Waals surface area contributed by atoms with Gasteiger partial charge in [0.1, 0.15) is 11.6 Å². The number of imidazole rings is 1. The summed E-state index contributed by atoms with van der Waals surface area (Å²) in [5.74, 6) is 1.68. The molecule has 0 aliphatic carbocycles. The highest BCUT2D eigenvalue weighted by Gasteiger charge is 2.16. The van der Waals surface area contributed by atoms with Gasteiger partial charge in [0.25, 0.3) is 0 Å². The van der Waals surface area contributed by atoms with Gasteiger partial charge in [0, 0.05) is 25.6 Å². The fourth-order valence-electron chi connectivity index (χ4n) is 3.65. The number of rotatable bonds is 4. The second kappa shape index (κ2) is 8.33. The van der Waals surface area contributed by atoms with Gasteiger partial charge in [-0.2, -0.15) is 0 Å². The first-order valence-electron chi connectivity index (χ1n) is 9.81. The summed E-state index contributed by atoms with van der Waals surface area (Å²) in [6.07, 6.45) is 0. The monoisotopic (exact) mass is 532 g/mol. The number of H-pyrrole nitrogens is 1. The summed E-state index contributed by atoms with van der Waals surface area (Å²) in [6.45, 7) is 0. The topological polar surface area (TPSA) is 37.9 Å². The van der Waals surface area contributed by atoms with Crippen molar-refractivity contribution < 1.29 is 4.74 Å². The van der Waals surface area contributed by atoms with Gasteiger partial charge in [0.05, 0.1) is 18.5 Å². The SMILES string of the molecule is COc1ccc2ccc(-c3nc(-c4ccc(Br)cc4)c(-c4ccc(Br)cc4)[nH]3)cc2c1. The van der Waals surface area contributed by atoms with Crippen molar-refractivity contribution in [2.24, 2.45) is 0 Å². The summed E-state index contributed by atoms with van der Waals surface area (Å²) < 4.78 is 7.48. The third-order valence-electron chi connectivity index (χ3n) is 5.28. The lowest BCUT2D eigenvalue weighted by Crippen LogP contribution is -1.85. The number of halogens is 2. The third-order valence-corrected chi connectivity index (χ3v) is 6.33. The molecule has 0 unspecified atom stereocenters. The van der Waals surface area contributed by atoms with Crippen molar-refractivity contribution in [3.05, 3.63) is 93.9 Å². The largest absolute Gasteiger partial charge is 0.497 e. The number of benzene rings is 4. The second-order valence-electron chi connectivity index (χ2n) is 7.25. The molecule has 0 radical (unpaired) electrons. The fraction of sp³-hybridized carbons (Fsp3) is 0.0385. The van der Waals surface area contributed by atoms with Crippen LogP contribution in [0, 0.1) is 0 Å². The summed E-state index contributed by atoms with van der Waals surface area (Å²) in [4.78, 5) is 8.59. The number of fused-ring (bicyclic) bond motifs is 1. The van der Waals surface area contributed by atoms with E-state index >= 15 is 0 Å². The van der Waals surface area contributed by atoms with Crippen molar-refractivity contribution in [1.29, 1.82) is 0 Å². The van der Waals surface area contributed by atoms with Crippen molar-refractivity contribution in [3.8, 4) is 39.7 Å². The standard InChI is InChI=1S/C26H18Br2N2O/c1-31-23-13-8-16-2-3-19(14-20(16)15-23)26-29-24(17-4-9-21(27)10-5-17)25(30-26)18-6-11-22(28)12-7-18/h2-15H,1H3,(H,29,30). The molecule has 0 bridgehead atoms. The van der Waals surface area contributed by atoms with Crippen molar-refractivity contribution >= 4 is 42.6 Å². The molecule has 1 aromatic heterocycles. The zero-order chi connectivity index (χ0) is 21.4. The minimum atomic E-state index is 0.834. The lowest BCUT2D eigenvalue weighted by Gasteiger charge is -2.04. The molecule has 5 rings (SSSR count). The predicted octanol–water partition coefficient (Wildman–Crippen LogP) is 8.10. The quantitative estimate of drug-likeness (QED) is 0.253. The average Bonchev–Trinajstić information content (AvgIpc) is 3.24. The maximum Gasteiger partial charge on any atom is 0.138 e. The van der Waals surface area contributed by atoms with Crippen LogP contribution in [-0.4, -0.2) is 17.1 Å². The molecule has 152 valence electrons. The van der Waals surface area contributed by atoms with Crippen LogP contribution in [0.4, 0.5) is 0 Å². The molecule has 0 amide bonds. The van der Waals surface area contributed by atoms with Crippen LogP contribution in [0.1, 0.15) is 0 Å². The van der Waals surface area contributed by atoms with Crippen molar-refractivity contribution in [2.75, 3.05) is 7.11 Å². The zero-order valence-electron chi connectivity index (χ0n) is 16.7. The third kappa shape index (κ3) is 4.03. The second-order valence-corrected chi connectivity index (χ2v) is 9.08. The van der Waals surface area contributed by atoms with E-state index in [2.05, 4.69) is 85.4 Å². The molecule has 3 nitrogen and oxygen atoms in total. The molecule has 0 saturated heterocycles. The van der Waals surface area contributed by atoms with Gasteiger partial charge in [-0.3, -0.25) is 0 Å². The minimum absolute atomic E-state index is 0.834. The molecule has 1 heterocycles. The van der Waals surface area contributed by atoms with Gasteiger partial charge in [0.15, 0.2) is 0 Å². The highest BCUT2D eigenvalue weighted by Crippen LogP contribution is 2.35. The van der Waals surface area contributed by atoms with Crippen molar-refractivity contribution in [2.45, 2.75) is 0 Å². The number of aromatic nitrogens is 2. The van der Waals surface area contributed by atoms with Crippen LogP contribution < -0.4 is 4.74 Å². The van der Waals surface area contributed by atoms with Crippen molar-refractivity contribution in [3.63, 3.8) is 0 Å². The molecule has 0 atom stereocenters. The molecular formula is C26H18Br2N2O. The molecular weight excluding hydrogens is 516 g/mol. The molecule has 0 fully saturated rings. The van der Waals surface area contributed by atoms with Crippen LogP contribution in [-0.2, 0) is 0 Å². The Morgan fingerprint density at radius 2 is 1.29 bits per heavy atom. The lowest BCUT2D eigenvalue weighted by atomic mass is 10.1. The molecule has 0 spiro atoms. The Morgan fingerprint density at radius 3 is 1.97 bits per heavy atom. The molecule has 0 saturated carbocycles. The zero-order valence-corrected chi connectivity index (χ0v) is 19.9. The number of hydrogen-bond donors (Lipinski definition) is 1. The molecule has 5 heteroatoms.